The number of hydrogen-bond donors (Lipinski definition) is 2. The quantitative estimate of drug-likeness (QED) is 0.824. The van der Waals surface area contributed by atoms with E-state index in [2.05, 4.69) is 15.7 Å². The summed E-state index contributed by atoms with van der Waals surface area (Å²) in [6, 6.07) is 0. The van der Waals surface area contributed by atoms with Gasteiger partial charge in [0.05, 0.1) is 18.4 Å². The summed E-state index contributed by atoms with van der Waals surface area (Å²) in [6.45, 7) is 4.69. The van der Waals surface area contributed by atoms with E-state index in [0.29, 0.717) is 18.2 Å². The van der Waals surface area contributed by atoms with E-state index >= 15 is 0 Å². The zero-order valence-corrected chi connectivity index (χ0v) is 11.4. The van der Waals surface area contributed by atoms with Crippen LogP contribution in [0.2, 0.25) is 5.02 Å². The molecule has 7 heteroatoms. The van der Waals surface area contributed by atoms with Gasteiger partial charge in [0.1, 0.15) is 5.02 Å². The number of aryl methyl sites for hydroxylation is 1. The van der Waals surface area contributed by atoms with Crippen molar-refractivity contribution in [3.8, 4) is 0 Å². The summed E-state index contributed by atoms with van der Waals surface area (Å²) in [5.74, 6) is 0.240. The minimum absolute atomic E-state index is 0.0316. The van der Waals surface area contributed by atoms with Gasteiger partial charge < -0.3 is 10.6 Å². The fraction of sp³-hybridized carbons (Fsp3) is 0.545. The molecule has 1 heterocycles. The lowest BCUT2D eigenvalue weighted by Crippen LogP contribution is -2.33. The second kappa shape index (κ2) is 6.39. The highest BCUT2D eigenvalue weighted by molar-refractivity contribution is 6.33. The van der Waals surface area contributed by atoms with E-state index in [1.165, 1.54) is 13.2 Å². The van der Waals surface area contributed by atoms with E-state index in [-0.39, 0.29) is 17.5 Å². The van der Waals surface area contributed by atoms with Gasteiger partial charge >= 0.3 is 0 Å². The van der Waals surface area contributed by atoms with Crippen LogP contribution in [-0.4, -0.2) is 28.8 Å². The van der Waals surface area contributed by atoms with Gasteiger partial charge in [-0.1, -0.05) is 25.4 Å². The van der Waals surface area contributed by atoms with E-state index in [0.717, 1.165) is 4.68 Å². The summed E-state index contributed by atoms with van der Waals surface area (Å²) < 4.78 is 1.13. The van der Waals surface area contributed by atoms with Crippen LogP contribution in [0.4, 0.5) is 5.69 Å². The summed E-state index contributed by atoms with van der Waals surface area (Å²) in [5, 5.41) is 9.38. The lowest BCUT2D eigenvalue weighted by Gasteiger charge is -2.10. The average molecular weight is 273 g/mol. The van der Waals surface area contributed by atoms with Gasteiger partial charge in [0, 0.05) is 13.6 Å². The second-order valence-electron chi connectivity index (χ2n) is 4.35. The Labute approximate surface area is 110 Å². The molecule has 2 N–H and O–H groups in total. The topological polar surface area (TPSA) is 76.0 Å². The zero-order chi connectivity index (χ0) is 13.7. The molecule has 1 amide bonds. The van der Waals surface area contributed by atoms with Crippen LogP contribution in [0.1, 0.15) is 13.8 Å². The number of carbonyl (C=O) groups excluding carboxylic acids is 1. The Kier molecular flexibility index (Phi) is 5.15. The highest BCUT2D eigenvalue weighted by Crippen LogP contribution is 2.14. The number of aromatic nitrogens is 2. The highest BCUT2D eigenvalue weighted by atomic mass is 35.5. The molecular formula is C11H17ClN4O2. The number of hydrogen-bond acceptors (Lipinski definition) is 4. The average Bonchev–Trinajstić information content (AvgIpc) is 2.32. The van der Waals surface area contributed by atoms with Crippen LogP contribution in [0.15, 0.2) is 11.0 Å². The Bertz CT molecular complexity index is 484. The van der Waals surface area contributed by atoms with Crippen molar-refractivity contribution in [3.05, 3.63) is 21.6 Å². The molecule has 1 aromatic rings. The van der Waals surface area contributed by atoms with Crippen LogP contribution in [0.3, 0.4) is 0 Å². The number of rotatable bonds is 5. The van der Waals surface area contributed by atoms with Crippen LogP contribution in [-0.2, 0) is 11.8 Å². The van der Waals surface area contributed by atoms with Gasteiger partial charge in [0.25, 0.3) is 5.56 Å². The first-order valence-corrected chi connectivity index (χ1v) is 6.02. The maximum absolute atomic E-state index is 11.5. The smallest absolute Gasteiger partial charge is 0.287 e. The molecule has 6 nitrogen and oxygen atoms in total. The second-order valence-corrected chi connectivity index (χ2v) is 4.73. The maximum atomic E-state index is 11.5. The number of anilines is 1. The van der Waals surface area contributed by atoms with Gasteiger partial charge in [-0.3, -0.25) is 9.59 Å². The first-order chi connectivity index (χ1) is 8.41. The molecule has 0 saturated carbocycles. The van der Waals surface area contributed by atoms with E-state index < -0.39 is 5.56 Å². The lowest BCUT2D eigenvalue weighted by molar-refractivity contribution is -0.119. The molecule has 0 spiro atoms. The first-order valence-electron chi connectivity index (χ1n) is 5.64. The van der Waals surface area contributed by atoms with Gasteiger partial charge in [0.15, 0.2) is 0 Å². The molecule has 18 heavy (non-hydrogen) atoms. The standard InChI is InChI=1S/C11H17ClN4O2/c1-7(2)4-14-9(17)6-13-8-5-15-16(3)11(18)10(8)12/h5,7,13H,4,6H2,1-3H3,(H,14,17). The molecule has 0 radical (unpaired) electrons. The third-order valence-electron chi connectivity index (χ3n) is 2.23. The number of nitrogens with one attached hydrogen (secondary N) is 2. The Morgan fingerprint density at radius 1 is 1.56 bits per heavy atom. The molecule has 0 saturated heterocycles. The third kappa shape index (κ3) is 4.03. The number of amides is 1. The number of carbonyl (C=O) groups is 1. The molecule has 100 valence electrons. The SMILES string of the molecule is CC(C)CNC(=O)CNc1cnn(C)c(=O)c1Cl. The van der Waals surface area contributed by atoms with Crippen LogP contribution >= 0.6 is 11.6 Å². The normalized spacial score (nSPS) is 10.5. The van der Waals surface area contributed by atoms with Gasteiger partial charge in [-0.2, -0.15) is 5.10 Å². The van der Waals surface area contributed by atoms with Gasteiger partial charge in [0.2, 0.25) is 5.91 Å². The molecule has 0 aliphatic carbocycles. The van der Waals surface area contributed by atoms with Crippen molar-refractivity contribution in [1.82, 2.24) is 15.1 Å². The monoisotopic (exact) mass is 272 g/mol. The van der Waals surface area contributed by atoms with E-state index in [1.54, 1.807) is 0 Å². The van der Waals surface area contributed by atoms with Gasteiger partial charge in [-0.05, 0) is 5.92 Å². The molecule has 0 aliphatic rings. The minimum Gasteiger partial charge on any atom is -0.373 e. The predicted molar refractivity (Wildman–Crippen MR) is 70.8 cm³/mol. The molecule has 1 rings (SSSR count). The van der Waals surface area contributed by atoms with Crippen LogP contribution in [0.25, 0.3) is 0 Å². The molecule has 0 fully saturated rings. The summed E-state index contributed by atoms with van der Waals surface area (Å²) >= 11 is 5.84. The Balaban J connectivity index is 2.57. The van der Waals surface area contributed by atoms with Crippen molar-refractivity contribution < 1.29 is 4.79 Å². The van der Waals surface area contributed by atoms with Crippen LogP contribution < -0.4 is 16.2 Å². The molecule has 0 bridgehead atoms. The van der Waals surface area contributed by atoms with Crippen molar-refractivity contribution >= 4 is 23.2 Å². The molecular weight excluding hydrogens is 256 g/mol. The first kappa shape index (κ1) is 14.5. The van der Waals surface area contributed by atoms with Crippen LogP contribution in [0, 0.1) is 5.92 Å². The summed E-state index contributed by atoms with van der Waals surface area (Å²) in [4.78, 5) is 22.9. The Morgan fingerprint density at radius 2 is 2.22 bits per heavy atom. The van der Waals surface area contributed by atoms with Crippen molar-refractivity contribution in [1.29, 1.82) is 0 Å². The Hall–Kier alpha value is -1.56. The summed E-state index contributed by atoms with van der Waals surface area (Å²) in [7, 11) is 1.51. The maximum Gasteiger partial charge on any atom is 0.287 e. The van der Waals surface area contributed by atoms with Crippen molar-refractivity contribution in [2.75, 3.05) is 18.4 Å². The van der Waals surface area contributed by atoms with E-state index in [1.807, 2.05) is 13.8 Å². The predicted octanol–water partition coefficient (Wildman–Crippen LogP) is 0.618. The fourth-order valence-electron chi connectivity index (χ4n) is 1.19. The summed E-state index contributed by atoms with van der Waals surface area (Å²) in [5.41, 5.74) is -0.0382. The molecule has 0 aromatic carbocycles. The Morgan fingerprint density at radius 3 is 2.83 bits per heavy atom. The van der Waals surface area contributed by atoms with Crippen molar-refractivity contribution in [2.45, 2.75) is 13.8 Å². The third-order valence-corrected chi connectivity index (χ3v) is 2.59. The van der Waals surface area contributed by atoms with E-state index in [4.69, 9.17) is 11.6 Å². The summed E-state index contributed by atoms with van der Waals surface area (Å²) in [6.07, 6.45) is 1.42. The highest BCUT2D eigenvalue weighted by Gasteiger charge is 2.08. The molecule has 1 aromatic heterocycles. The fourth-order valence-corrected chi connectivity index (χ4v) is 1.43. The molecule has 0 unspecified atom stereocenters. The van der Waals surface area contributed by atoms with E-state index in [9.17, 15) is 9.59 Å². The molecule has 0 atom stereocenters. The number of nitrogens with zero attached hydrogens (tertiary/aromatic N) is 2. The number of halogens is 1. The van der Waals surface area contributed by atoms with Gasteiger partial charge in [-0.15, -0.1) is 0 Å². The van der Waals surface area contributed by atoms with Crippen molar-refractivity contribution in [3.63, 3.8) is 0 Å². The molecule has 0 aliphatic heterocycles. The van der Waals surface area contributed by atoms with Crippen LogP contribution in [0.5, 0.6) is 0 Å². The van der Waals surface area contributed by atoms with Crippen molar-refractivity contribution in [2.24, 2.45) is 13.0 Å². The minimum atomic E-state index is -0.399. The lowest BCUT2D eigenvalue weighted by atomic mass is 10.2. The largest absolute Gasteiger partial charge is 0.373 e. The van der Waals surface area contributed by atoms with Gasteiger partial charge in [-0.25, -0.2) is 4.68 Å². The zero-order valence-electron chi connectivity index (χ0n) is 10.7.